The van der Waals surface area contributed by atoms with Gasteiger partial charge in [0.05, 0.1) is 0 Å². The Balaban J connectivity index is 3.55. The van der Waals surface area contributed by atoms with Gasteiger partial charge in [0.1, 0.15) is 5.60 Å². The summed E-state index contributed by atoms with van der Waals surface area (Å²) in [5.74, 6) is 4.08. The van der Waals surface area contributed by atoms with Crippen LogP contribution in [0.3, 0.4) is 0 Å². The topological polar surface area (TPSA) is 20.2 Å². The number of terminal acetylenes is 1. The summed E-state index contributed by atoms with van der Waals surface area (Å²) < 4.78 is 0. The van der Waals surface area contributed by atoms with Crippen molar-refractivity contribution in [3.05, 3.63) is 0 Å². The molecule has 0 aliphatic heterocycles. The highest BCUT2D eigenvalue weighted by atomic mass is 16.3. The van der Waals surface area contributed by atoms with Gasteiger partial charge < -0.3 is 5.11 Å². The molecule has 1 heteroatoms. The molecule has 106 valence electrons. The van der Waals surface area contributed by atoms with Gasteiger partial charge in [0.2, 0.25) is 0 Å². The molecule has 0 aliphatic carbocycles. The molecule has 3 unspecified atom stereocenters. The molecular weight excluding hydrogens is 220 g/mol. The predicted octanol–water partition coefficient (Wildman–Crippen LogP) is 4.78. The van der Waals surface area contributed by atoms with Gasteiger partial charge >= 0.3 is 0 Å². The maximum atomic E-state index is 9.71. The molecule has 0 rings (SSSR count). The highest BCUT2D eigenvalue weighted by Crippen LogP contribution is 2.21. The molecule has 0 amide bonds. The average Bonchev–Trinajstić information content (AvgIpc) is 2.29. The van der Waals surface area contributed by atoms with Crippen LogP contribution in [0.15, 0.2) is 0 Å². The molecule has 18 heavy (non-hydrogen) atoms. The molecule has 3 atom stereocenters. The minimum Gasteiger partial charge on any atom is -0.378 e. The molecule has 0 spiro atoms. The molecule has 0 heterocycles. The van der Waals surface area contributed by atoms with Crippen LogP contribution in [-0.2, 0) is 0 Å². The van der Waals surface area contributed by atoms with E-state index in [1.165, 1.54) is 38.5 Å². The Morgan fingerprint density at radius 3 is 2.06 bits per heavy atom. The Bertz CT molecular complexity index is 236. The molecular formula is C17H32O. The zero-order valence-corrected chi connectivity index (χ0v) is 12.8. The van der Waals surface area contributed by atoms with Gasteiger partial charge in [-0.25, -0.2) is 0 Å². The summed E-state index contributed by atoms with van der Waals surface area (Å²) in [5.41, 5.74) is -0.907. The first-order valence-electron chi connectivity index (χ1n) is 7.61. The van der Waals surface area contributed by atoms with Crippen LogP contribution in [0.4, 0.5) is 0 Å². The van der Waals surface area contributed by atoms with Crippen molar-refractivity contribution in [2.75, 3.05) is 0 Å². The second kappa shape index (κ2) is 9.45. The molecule has 0 fully saturated rings. The second-order valence-corrected chi connectivity index (χ2v) is 6.24. The van der Waals surface area contributed by atoms with E-state index in [2.05, 4.69) is 26.7 Å². The zero-order chi connectivity index (χ0) is 14.0. The highest BCUT2D eigenvalue weighted by Gasteiger charge is 2.16. The molecule has 0 bridgehead atoms. The van der Waals surface area contributed by atoms with Crippen LogP contribution in [0.2, 0.25) is 0 Å². The Kier molecular flexibility index (Phi) is 9.20. The quantitative estimate of drug-likeness (QED) is 0.555. The third-order valence-corrected chi connectivity index (χ3v) is 3.85. The van der Waals surface area contributed by atoms with Gasteiger partial charge in [-0.05, 0) is 31.6 Å². The van der Waals surface area contributed by atoms with Crippen LogP contribution in [0, 0.1) is 24.2 Å². The Labute approximate surface area is 114 Å². The van der Waals surface area contributed by atoms with E-state index in [0.29, 0.717) is 0 Å². The van der Waals surface area contributed by atoms with Crippen LogP contribution in [0.1, 0.15) is 79.1 Å². The van der Waals surface area contributed by atoms with E-state index in [0.717, 1.165) is 24.7 Å². The summed E-state index contributed by atoms with van der Waals surface area (Å²) in [5, 5.41) is 9.71. The fraction of sp³-hybridized carbons (Fsp3) is 0.882. The first-order chi connectivity index (χ1) is 8.41. The van der Waals surface area contributed by atoms with E-state index in [-0.39, 0.29) is 0 Å². The first-order valence-corrected chi connectivity index (χ1v) is 7.61. The molecule has 0 aromatic carbocycles. The SMILES string of the molecule is C#CC(C)(O)CCCC(C)CCCC(C)CCC. The van der Waals surface area contributed by atoms with Crippen molar-refractivity contribution in [2.24, 2.45) is 11.8 Å². The molecule has 0 saturated carbocycles. The fourth-order valence-corrected chi connectivity index (χ4v) is 2.46. The van der Waals surface area contributed by atoms with E-state index in [4.69, 9.17) is 6.42 Å². The molecule has 0 aromatic heterocycles. The lowest BCUT2D eigenvalue weighted by atomic mass is 9.91. The average molecular weight is 252 g/mol. The third kappa shape index (κ3) is 9.54. The normalized spacial score (nSPS) is 17.8. The summed E-state index contributed by atoms with van der Waals surface area (Å²) in [6.07, 6.45) is 14.9. The molecule has 0 saturated heterocycles. The molecule has 0 aliphatic rings. The van der Waals surface area contributed by atoms with Crippen molar-refractivity contribution in [1.82, 2.24) is 0 Å². The van der Waals surface area contributed by atoms with Crippen LogP contribution in [-0.4, -0.2) is 10.7 Å². The summed E-state index contributed by atoms with van der Waals surface area (Å²) in [4.78, 5) is 0. The minimum atomic E-state index is -0.907. The van der Waals surface area contributed by atoms with Crippen molar-refractivity contribution in [3.63, 3.8) is 0 Å². The van der Waals surface area contributed by atoms with E-state index in [1.807, 2.05) is 0 Å². The third-order valence-electron chi connectivity index (χ3n) is 3.85. The predicted molar refractivity (Wildman–Crippen MR) is 80.4 cm³/mol. The van der Waals surface area contributed by atoms with Gasteiger partial charge in [0, 0.05) is 0 Å². The van der Waals surface area contributed by atoms with Gasteiger partial charge in [0.25, 0.3) is 0 Å². The van der Waals surface area contributed by atoms with E-state index in [9.17, 15) is 5.11 Å². The van der Waals surface area contributed by atoms with E-state index >= 15 is 0 Å². The van der Waals surface area contributed by atoms with Crippen molar-refractivity contribution < 1.29 is 5.11 Å². The van der Waals surface area contributed by atoms with Crippen molar-refractivity contribution in [1.29, 1.82) is 0 Å². The first kappa shape index (κ1) is 17.5. The standard InChI is InChI=1S/C17H32O/c1-6-10-15(3)11-8-12-16(4)13-9-14-17(5,18)7-2/h2,15-16,18H,6,8-14H2,1,3-5H3. The molecule has 0 radical (unpaired) electrons. The number of aliphatic hydroxyl groups is 1. The lowest BCUT2D eigenvalue weighted by Crippen LogP contribution is -2.20. The fourth-order valence-electron chi connectivity index (χ4n) is 2.46. The zero-order valence-electron chi connectivity index (χ0n) is 12.8. The maximum absolute atomic E-state index is 9.71. The van der Waals surface area contributed by atoms with Crippen LogP contribution >= 0.6 is 0 Å². The Morgan fingerprint density at radius 2 is 1.56 bits per heavy atom. The largest absolute Gasteiger partial charge is 0.378 e. The smallest absolute Gasteiger partial charge is 0.122 e. The maximum Gasteiger partial charge on any atom is 0.122 e. The van der Waals surface area contributed by atoms with Gasteiger partial charge in [-0.3, -0.25) is 0 Å². The van der Waals surface area contributed by atoms with E-state index < -0.39 is 5.60 Å². The molecule has 0 aromatic rings. The Morgan fingerprint density at radius 1 is 1.06 bits per heavy atom. The lowest BCUT2D eigenvalue weighted by Gasteiger charge is -2.18. The van der Waals surface area contributed by atoms with Crippen molar-refractivity contribution >= 4 is 0 Å². The molecule has 1 N–H and O–H groups in total. The summed E-state index contributed by atoms with van der Waals surface area (Å²) in [6.45, 7) is 8.66. The van der Waals surface area contributed by atoms with Gasteiger partial charge in [-0.2, -0.15) is 0 Å². The van der Waals surface area contributed by atoms with Gasteiger partial charge in [-0.15, -0.1) is 6.42 Å². The summed E-state index contributed by atoms with van der Waals surface area (Å²) in [7, 11) is 0. The Hall–Kier alpha value is -0.480. The van der Waals surface area contributed by atoms with Crippen molar-refractivity contribution in [2.45, 2.75) is 84.7 Å². The minimum absolute atomic E-state index is 0.722. The van der Waals surface area contributed by atoms with Gasteiger partial charge in [-0.1, -0.05) is 65.2 Å². The monoisotopic (exact) mass is 252 g/mol. The molecule has 1 nitrogen and oxygen atoms in total. The number of rotatable bonds is 10. The highest BCUT2D eigenvalue weighted by molar-refractivity contribution is 5.03. The van der Waals surface area contributed by atoms with Gasteiger partial charge in [0.15, 0.2) is 0 Å². The summed E-state index contributed by atoms with van der Waals surface area (Å²) in [6, 6.07) is 0. The number of hydrogen-bond donors (Lipinski definition) is 1. The van der Waals surface area contributed by atoms with Crippen LogP contribution in [0.5, 0.6) is 0 Å². The number of hydrogen-bond acceptors (Lipinski definition) is 1. The van der Waals surface area contributed by atoms with Crippen molar-refractivity contribution in [3.8, 4) is 12.3 Å². The van der Waals surface area contributed by atoms with E-state index in [1.54, 1.807) is 6.92 Å². The van der Waals surface area contributed by atoms with Crippen LogP contribution < -0.4 is 0 Å². The lowest BCUT2D eigenvalue weighted by molar-refractivity contribution is 0.107. The summed E-state index contributed by atoms with van der Waals surface area (Å²) >= 11 is 0. The second-order valence-electron chi connectivity index (χ2n) is 6.24. The van der Waals surface area contributed by atoms with Crippen LogP contribution in [0.25, 0.3) is 0 Å².